The normalized spacial score (nSPS) is 13.5. The predicted molar refractivity (Wildman–Crippen MR) is 72.1 cm³/mol. The van der Waals surface area contributed by atoms with E-state index in [4.69, 9.17) is 0 Å². The summed E-state index contributed by atoms with van der Waals surface area (Å²) in [5, 5.41) is 12.8. The number of halogens is 4. The molecule has 0 aliphatic carbocycles. The maximum absolute atomic E-state index is 12.0. The lowest BCUT2D eigenvalue weighted by Gasteiger charge is -2.19. The second kappa shape index (κ2) is 7.14. The summed E-state index contributed by atoms with van der Waals surface area (Å²) in [6.07, 6.45) is -4.17. The average Bonchev–Trinajstić information content (AvgIpc) is 2.32. The molecular formula is C13H17BrF3NO. The number of hydrogen-bond acceptors (Lipinski definition) is 2. The molecule has 0 saturated heterocycles. The fourth-order valence-electron chi connectivity index (χ4n) is 1.84. The maximum atomic E-state index is 12.0. The van der Waals surface area contributed by atoms with Crippen LogP contribution in [0.2, 0.25) is 0 Å². The number of nitrogens with one attached hydrogen (secondary N) is 1. The summed E-state index contributed by atoms with van der Waals surface area (Å²) in [7, 11) is 0. The highest BCUT2D eigenvalue weighted by Gasteiger charge is 2.26. The quantitative estimate of drug-likeness (QED) is 0.746. The Hall–Kier alpha value is -0.750. The molecule has 1 unspecified atom stereocenters. The van der Waals surface area contributed by atoms with E-state index in [1.807, 2.05) is 6.92 Å². The van der Waals surface area contributed by atoms with Crippen molar-refractivity contribution < 1.29 is 18.3 Å². The predicted octanol–water partition coefficient (Wildman–Crippen LogP) is 4.54. The van der Waals surface area contributed by atoms with Crippen LogP contribution in [-0.2, 0) is 0 Å². The minimum atomic E-state index is -4.11. The first kappa shape index (κ1) is 16.3. The van der Waals surface area contributed by atoms with E-state index in [0.717, 1.165) is 4.47 Å². The number of alkyl halides is 3. The van der Waals surface area contributed by atoms with Crippen LogP contribution in [0.3, 0.4) is 0 Å². The first-order valence-electron chi connectivity index (χ1n) is 6.12. The Kier molecular flexibility index (Phi) is 6.13. The Bertz CT molecular complexity index is 409. The average molecular weight is 340 g/mol. The SMILES string of the molecule is CCC(NCCCC(F)(F)F)c1cc(Br)ccc1O. The fourth-order valence-corrected chi connectivity index (χ4v) is 2.22. The van der Waals surface area contributed by atoms with Crippen molar-refractivity contribution in [3.8, 4) is 5.75 Å². The first-order chi connectivity index (χ1) is 8.83. The van der Waals surface area contributed by atoms with Crippen molar-refractivity contribution in [3.63, 3.8) is 0 Å². The van der Waals surface area contributed by atoms with Gasteiger partial charge in [0.05, 0.1) is 0 Å². The Morgan fingerprint density at radius 1 is 1.37 bits per heavy atom. The molecule has 19 heavy (non-hydrogen) atoms. The van der Waals surface area contributed by atoms with Crippen LogP contribution >= 0.6 is 15.9 Å². The van der Waals surface area contributed by atoms with Gasteiger partial charge in [0.25, 0.3) is 0 Å². The molecule has 0 fully saturated rings. The van der Waals surface area contributed by atoms with Crippen molar-refractivity contribution in [3.05, 3.63) is 28.2 Å². The zero-order valence-corrected chi connectivity index (χ0v) is 12.2. The molecule has 0 amide bonds. The molecule has 1 aromatic rings. The summed E-state index contributed by atoms with van der Waals surface area (Å²) in [6, 6.07) is 4.92. The lowest BCUT2D eigenvalue weighted by atomic mass is 10.0. The zero-order valence-electron chi connectivity index (χ0n) is 10.6. The van der Waals surface area contributed by atoms with Crippen molar-refractivity contribution >= 4 is 15.9 Å². The largest absolute Gasteiger partial charge is 0.508 e. The summed E-state index contributed by atoms with van der Waals surface area (Å²) in [6.45, 7) is 2.19. The van der Waals surface area contributed by atoms with Crippen molar-refractivity contribution in [1.82, 2.24) is 5.32 Å². The molecule has 1 atom stereocenters. The molecule has 1 aromatic carbocycles. The molecule has 0 spiro atoms. The number of phenols is 1. The Morgan fingerprint density at radius 2 is 2.05 bits per heavy atom. The van der Waals surface area contributed by atoms with E-state index in [9.17, 15) is 18.3 Å². The zero-order chi connectivity index (χ0) is 14.5. The Labute approximate surface area is 119 Å². The van der Waals surface area contributed by atoms with Crippen LogP contribution in [0, 0.1) is 0 Å². The lowest BCUT2D eigenvalue weighted by molar-refractivity contribution is -0.135. The topological polar surface area (TPSA) is 32.3 Å². The fraction of sp³-hybridized carbons (Fsp3) is 0.538. The van der Waals surface area contributed by atoms with Crippen LogP contribution in [0.25, 0.3) is 0 Å². The third-order valence-corrected chi connectivity index (χ3v) is 3.29. The first-order valence-corrected chi connectivity index (χ1v) is 6.91. The second-order valence-corrected chi connectivity index (χ2v) is 5.25. The molecule has 0 bridgehead atoms. The molecule has 0 radical (unpaired) electrons. The standard InChI is InChI=1S/C13H17BrF3NO/c1-2-11(18-7-3-6-13(15,16)17)10-8-9(14)4-5-12(10)19/h4-5,8,11,18-19H,2-3,6-7H2,1H3. The number of benzene rings is 1. The van der Waals surface area contributed by atoms with Crippen molar-refractivity contribution in [2.24, 2.45) is 0 Å². The molecule has 0 aliphatic rings. The minimum Gasteiger partial charge on any atom is -0.508 e. The van der Waals surface area contributed by atoms with Gasteiger partial charge >= 0.3 is 6.18 Å². The summed E-state index contributed by atoms with van der Waals surface area (Å²) in [5.41, 5.74) is 0.698. The minimum absolute atomic E-state index is 0.0365. The van der Waals surface area contributed by atoms with Crippen LogP contribution in [0.5, 0.6) is 5.75 Å². The highest BCUT2D eigenvalue weighted by atomic mass is 79.9. The summed E-state index contributed by atoms with van der Waals surface area (Å²) in [4.78, 5) is 0. The van der Waals surface area contributed by atoms with Gasteiger partial charge in [0.15, 0.2) is 0 Å². The van der Waals surface area contributed by atoms with Gasteiger partial charge in [-0.15, -0.1) is 0 Å². The van der Waals surface area contributed by atoms with Gasteiger partial charge in [-0.3, -0.25) is 0 Å². The molecule has 0 aliphatic heterocycles. The van der Waals surface area contributed by atoms with Gasteiger partial charge in [0.2, 0.25) is 0 Å². The van der Waals surface area contributed by atoms with Crippen LogP contribution in [0.4, 0.5) is 13.2 Å². The van der Waals surface area contributed by atoms with E-state index in [-0.39, 0.29) is 24.8 Å². The molecule has 0 aromatic heterocycles. The van der Waals surface area contributed by atoms with Gasteiger partial charge in [-0.1, -0.05) is 22.9 Å². The van der Waals surface area contributed by atoms with Crippen LogP contribution in [0.1, 0.15) is 37.8 Å². The van der Waals surface area contributed by atoms with E-state index >= 15 is 0 Å². The molecule has 6 heteroatoms. The van der Waals surface area contributed by atoms with Crippen LogP contribution < -0.4 is 5.32 Å². The van der Waals surface area contributed by atoms with Gasteiger partial charge in [-0.25, -0.2) is 0 Å². The van der Waals surface area contributed by atoms with E-state index in [0.29, 0.717) is 12.0 Å². The van der Waals surface area contributed by atoms with E-state index in [1.165, 1.54) is 0 Å². The lowest BCUT2D eigenvalue weighted by Crippen LogP contribution is -2.23. The maximum Gasteiger partial charge on any atom is 0.389 e. The number of phenolic OH excluding ortho intramolecular Hbond substituents is 1. The molecular weight excluding hydrogens is 323 g/mol. The van der Waals surface area contributed by atoms with Crippen molar-refractivity contribution in [1.29, 1.82) is 0 Å². The molecule has 108 valence electrons. The van der Waals surface area contributed by atoms with Crippen molar-refractivity contribution in [2.45, 2.75) is 38.4 Å². The smallest absolute Gasteiger partial charge is 0.389 e. The molecule has 0 saturated carbocycles. The van der Waals surface area contributed by atoms with Gasteiger partial charge in [-0.05, 0) is 37.6 Å². The van der Waals surface area contributed by atoms with E-state index in [1.54, 1.807) is 18.2 Å². The Morgan fingerprint density at radius 3 is 2.63 bits per heavy atom. The summed E-state index contributed by atoms with van der Waals surface area (Å²) in [5.74, 6) is 0.151. The van der Waals surface area contributed by atoms with Gasteiger partial charge < -0.3 is 10.4 Å². The van der Waals surface area contributed by atoms with Gasteiger partial charge in [0, 0.05) is 22.5 Å². The Balaban J connectivity index is 2.56. The highest BCUT2D eigenvalue weighted by molar-refractivity contribution is 9.10. The van der Waals surface area contributed by atoms with Gasteiger partial charge in [-0.2, -0.15) is 13.2 Å². The van der Waals surface area contributed by atoms with Crippen LogP contribution in [-0.4, -0.2) is 17.8 Å². The molecule has 2 N–H and O–H groups in total. The summed E-state index contributed by atoms with van der Waals surface area (Å²) >= 11 is 3.31. The summed E-state index contributed by atoms with van der Waals surface area (Å²) < 4.78 is 36.9. The van der Waals surface area contributed by atoms with E-state index < -0.39 is 12.6 Å². The highest BCUT2D eigenvalue weighted by Crippen LogP contribution is 2.29. The number of hydrogen-bond donors (Lipinski definition) is 2. The van der Waals surface area contributed by atoms with Crippen LogP contribution in [0.15, 0.2) is 22.7 Å². The van der Waals surface area contributed by atoms with Crippen molar-refractivity contribution in [2.75, 3.05) is 6.54 Å². The molecule has 1 rings (SSSR count). The van der Waals surface area contributed by atoms with E-state index in [2.05, 4.69) is 21.2 Å². The molecule has 0 heterocycles. The second-order valence-electron chi connectivity index (χ2n) is 4.34. The monoisotopic (exact) mass is 339 g/mol. The number of rotatable bonds is 6. The third-order valence-electron chi connectivity index (χ3n) is 2.80. The third kappa shape index (κ3) is 5.82. The number of aromatic hydroxyl groups is 1. The molecule has 2 nitrogen and oxygen atoms in total. The van der Waals surface area contributed by atoms with Gasteiger partial charge in [0.1, 0.15) is 5.75 Å².